The van der Waals surface area contributed by atoms with Gasteiger partial charge in [0.25, 0.3) is 0 Å². The highest BCUT2D eigenvalue weighted by atomic mass is 16.6. The molecule has 16 heavy (non-hydrogen) atoms. The fourth-order valence-corrected chi connectivity index (χ4v) is 1.86. The van der Waals surface area contributed by atoms with Gasteiger partial charge >= 0.3 is 0 Å². The third-order valence-electron chi connectivity index (χ3n) is 2.67. The molecule has 0 aliphatic carbocycles. The third kappa shape index (κ3) is 2.47. The maximum Gasteiger partial charge on any atom is 0.161 e. The van der Waals surface area contributed by atoms with Crippen LogP contribution in [-0.4, -0.2) is 23.9 Å². The fourth-order valence-electron chi connectivity index (χ4n) is 1.86. The molecule has 0 bridgehead atoms. The number of hydrogen-bond acceptors (Lipinski definition) is 3. The van der Waals surface area contributed by atoms with Gasteiger partial charge in [-0.05, 0) is 24.5 Å². The first kappa shape index (κ1) is 11.3. The van der Waals surface area contributed by atoms with Crippen LogP contribution < -0.4 is 9.47 Å². The van der Waals surface area contributed by atoms with Gasteiger partial charge in [-0.25, -0.2) is 0 Å². The second-order valence-electron chi connectivity index (χ2n) is 4.61. The van der Waals surface area contributed by atoms with E-state index >= 15 is 0 Å². The quantitative estimate of drug-likeness (QED) is 0.852. The molecule has 1 heterocycles. The summed E-state index contributed by atoms with van der Waals surface area (Å²) in [6.45, 7) is 4.59. The minimum Gasteiger partial charge on any atom is -0.486 e. The Balaban J connectivity index is 2.02. The summed E-state index contributed by atoms with van der Waals surface area (Å²) < 4.78 is 11.3. The van der Waals surface area contributed by atoms with Crippen molar-refractivity contribution in [3.05, 3.63) is 24.3 Å². The smallest absolute Gasteiger partial charge is 0.161 e. The normalized spacial score (nSPS) is 20.9. The fraction of sp³-hybridized carbons (Fsp3) is 0.538. The largest absolute Gasteiger partial charge is 0.486 e. The molecule has 2 atom stereocenters. The first-order valence-corrected chi connectivity index (χ1v) is 5.73. The lowest BCUT2D eigenvalue weighted by Gasteiger charge is -2.30. The zero-order chi connectivity index (χ0) is 11.5. The lowest BCUT2D eigenvalue weighted by molar-refractivity contribution is -0.0187. The van der Waals surface area contributed by atoms with Crippen molar-refractivity contribution >= 4 is 0 Å². The molecule has 3 nitrogen and oxygen atoms in total. The SMILES string of the molecule is CC(C)CC(O)C1COc2ccccc2O1. The highest BCUT2D eigenvalue weighted by molar-refractivity contribution is 5.40. The van der Waals surface area contributed by atoms with E-state index in [1.807, 2.05) is 24.3 Å². The summed E-state index contributed by atoms with van der Waals surface area (Å²) in [5, 5.41) is 9.96. The standard InChI is InChI=1S/C13H18O3/c1-9(2)7-10(14)13-8-15-11-5-3-4-6-12(11)16-13/h3-6,9-10,13-14H,7-8H2,1-2H3. The van der Waals surface area contributed by atoms with Gasteiger partial charge in [0, 0.05) is 0 Å². The van der Waals surface area contributed by atoms with Gasteiger partial charge in [0.1, 0.15) is 6.61 Å². The molecular weight excluding hydrogens is 204 g/mol. The van der Waals surface area contributed by atoms with E-state index in [1.54, 1.807) is 0 Å². The summed E-state index contributed by atoms with van der Waals surface area (Å²) >= 11 is 0. The van der Waals surface area contributed by atoms with Crippen molar-refractivity contribution in [2.75, 3.05) is 6.61 Å². The Labute approximate surface area is 96.0 Å². The van der Waals surface area contributed by atoms with E-state index in [9.17, 15) is 5.11 Å². The van der Waals surface area contributed by atoms with E-state index in [2.05, 4.69) is 13.8 Å². The summed E-state index contributed by atoms with van der Waals surface area (Å²) in [5.74, 6) is 1.94. The van der Waals surface area contributed by atoms with Crippen LogP contribution in [0.5, 0.6) is 11.5 Å². The summed E-state index contributed by atoms with van der Waals surface area (Å²) in [4.78, 5) is 0. The average molecular weight is 222 g/mol. The lowest BCUT2D eigenvalue weighted by atomic mass is 10.0. The predicted molar refractivity (Wildman–Crippen MR) is 61.8 cm³/mol. The van der Waals surface area contributed by atoms with E-state index in [0.29, 0.717) is 12.5 Å². The topological polar surface area (TPSA) is 38.7 Å². The molecule has 0 saturated heterocycles. The predicted octanol–water partition coefficient (Wildman–Crippen LogP) is 2.23. The molecular formula is C13H18O3. The van der Waals surface area contributed by atoms with E-state index < -0.39 is 6.10 Å². The Bertz CT molecular complexity index is 349. The molecule has 0 aromatic heterocycles. The van der Waals surface area contributed by atoms with Crippen molar-refractivity contribution in [3.8, 4) is 11.5 Å². The molecule has 0 spiro atoms. The number of ether oxygens (including phenoxy) is 2. The first-order chi connectivity index (χ1) is 7.66. The number of rotatable bonds is 3. The van der Waals surface area contributed by atoms with Crippen molar-refractivity contribution < 1.29 is 14.6 Å². The molecule has 1 aliphatic heterocycles. The van der Waals surface area contributed by atoms with Crippen molar-refractivity contribution in [2.45, 2.75) is 32.5 Å². The molecule has 3 heteroatoms. The van der Waals surface area contributed by atoms with Gasteiger partial charge in [-0.2, -0.15) is 0 Å². The van der Waals surface area contributed by atoms with E-state index in [4.69, 9.17) is 9.47 Å². The molecule has 2 unspecified atom stereocenters. The van der Waals surface area contributed by atoms with E-state index in [1.165, 1.54) is 0 Å². The van der Waals surface area contributed by atoms with Crippen LogP contribution in [-0.2, 0) is 0 Å². The minimum absolute atomic E-state index is 0.253. The second kappa shape index (κ2) is 4.74. The van der Waals surface area contributed by atoms with Crippen LogP contribution >= 0.6 is 0 Å². The zero-order valence-electron chi connectivity index (χ0n) is 9.72. The molecule has 2 rings (SSSR count). The first-order valence-electron chi connectivity index (χ1n) is 5.73. The number of para-hydroxylation sites is 2. The van der Waals surface area contributed by atoms with E-state index in [-0.39, 0.29) is 6.10 Å². The van der Waals surface area contributed by atoms with Crippen molar-refractivity contribution in [1.29, 1.82) is 0 Å². The number of fused-ring (bicyclic) bond motifs is 1. The van der Waals surface area contributed by atoms with Crippen molar-refractivity contribution in [3.63, 3.8) is 0 Å². The van der Waals surface area contributed by atoms with Gasteiger partial charge in [0.15, 0.2) is 17.6 Å². The molecule has 0 fully saturated rings. The van der Waals surface area contributed by atoms with Gasteiger partial charge in [-0.3, -0.25) is 0 Å². The second-order valence-corrected chi connectivity index (χ2v) is 4.61. The van der Waals surface area contributed by atoms with Crippen LogP contribution in [0.1, 0.15) is 20.3 Å². The zero-order valence-corrected chi connectivity index (χ0v) is 9.72. The highest BCUT2D eigenvalue weighted by Gasteiger charge is 2.27. The van der Waals surface area contributed by atoms with Gasteiger partial charge in [0.2, 0.25) is 0 Å². The number of hydrogen-bond donors (Lipinski definition) is 1. The van der Waals surface area contributed by atoms with Gasteiger partial charge in [0.05, 0.1) is 6.10 Å². The molecule has 0 radical (unpaired) electrons. The molecule has 1 N–H and O–H groups in total. The Morgan fingerprint density at radius 1 is 1.31 bits per heavy atom. The Morgan fingerprint density at radius 2 is 2.00 bits per heavy atom. The average Bonchev–Trinajstić information content (AvgIpc) is 2.27. The van der Waals surface area contributed by atoms with Crippen LogP contribution in [0.25, 0.3) is 0 Å². The van der Waals surface area contributed by atoms with Gasteiger partial charge in [-0.1, -0.05) is 26.0 Å². The van der Waals surface area contributed by atoms with Crippen LogP contribution in [0, 0.1) is 5.92 Å². The van der Waals surface area contributed by atoms with Crippen LogP contribution in [0.2, 0.25) is 0 Å². The van der Waals surface area contributed by atoms with Gasteiger partial charge < -0.3 is 14.6 Å². The Hall–Kier alpha value is -1.22. The van der Waals surface area contributed by atoms with Crippen LogP contribution in [0.4, 0.5) is 0 Å². The summed E-state index contributed by atoms with van der Waals surface area (Å²) in [7, 11) is 0. The number of benzene rings is 1. The Kier molecular flexibility index (Phi) is 3.34. The van der Waals surface area contributed by atoms with Crippen molar-refractivity contribution in [1.82, 2.24) is 0 Å². The minimum atomic E-state index is -0.464. The Morgan fingerprint density at radius 3 is 2.69 bits per heavy atom. The molecule has 1 aromatic rings. The van der Waals surface area contributed by atoms with Crippen LogP contribution in [0.15, 0.2) is 24.3 Å². The van der Waals surface area contributed by atoms with Gasteiger partial charge in [-0.15, -0.1) is 0 Å². The molecule has 0 amide bonds. The van der Waals surface area contributed by atoms with E-state index in [0.717, 1.165) is 17.9 Å². The summed E-state index contributed by atoms with van der Waals surface area (Å²) in [6, 6.07) is 7.55. The molecule has 88 valence electrons. The maximum atomic E-state index is 9.96. The third-order valence-corrected chi connectivity index (χ3v) is 2.67. The summed E-state index contributed by atoms with van der Waals surface area (Å²) in [5.41, 5.74) is 0. The molecule has 1 aliphatic rings. The number of aliphatic hydroxyl groups is 1. The molecule has 1 aromatic carbocycles. The van der Waals surface area contributed by atoms with Crippen LogP contribution in [0.3, 0.4) is 0 Å². The highest BCUT2D eigenvalue weighted by Crippen LogP contribution is 2.32. The monoisotopic (exact) mass is 222 g/mol. The van der Waals surface area contributed by atoms with Crippen molar-refractivity contribution in [2.24, 2.45) is 5.92 Å². The lowest BCUT2D eigenvalue weighted by Crippen LogP contribution is -2.40. The maximum absolute atomic E-state index is 9.96. The molecule has 0 saturated carbocycles. The number of aliphatic hydroxyl groups excluding tert-OH is 1. The summed E-state index contributed by atoms with van der Waals surface area (Å²) in [6.07, 6.45) is 0.0153.